The maximum Gasteiger partial charge on any atom is 0.0564 e. The second kappa shape index (κ2) is 16.9. The fraction of sp³-hybridized carbons (Fsp3) is 0.0938. The molecule has 0 aliphatic heterocycles. The molecule has 2 aliphatic carbocycles. The van der Waals surface area contributed by atoms with Gasteiger partial charge in [-0.05, 0) is 151 Å². The molecule has 0 N–H and O–H groups in total. The molecule has 0 aromatic heterocycles. The Morgan fingerprint density at radius 1 is 0.364 bits per heavy atom. The number of fused-ring (bicyclic) bond motifs is 7. The predicted molar refractivity (Wildman–Crippen MR) is 283 cm³/mol. The number of benzene rings is 10. The number of nitrogens with zero attached hydrogens (tertiary/aromatic N) is 2. The van der Waals surface area contributed by atoms with Crippen LogP contribution < -0.4 is 9.80 Å². The quantitative estimate of drug-likeness (QED) is 0.150. The standard InChI is InChI=1S/C62H46N2.C2H6/c1-62(2)57-37-32-46-18-13-23-56(46)60(57)61-58(62)40-55(63(51-19-5-3-6-20-51)53-33-28-44(29-34-53)49-26-24-42-14-9-11-16-47(42)38-49)41-59(61)64(52-21-7-4-8-22-52)54-35-30-45(31-36-54)50-27-25-43-15-10-12-17-48(43)39-50;1-2/h3-17,19-41H,18H2,1-2H3;1-2H3. The van der Waals surface area contributed by atoms with Crippen molar-refractivity contribution in [3.63, 3.8) is 0 Å². The molecule has 0 unspecified atom stereocenters. The zero-order valence-electron chi connectivity index (χ0n) is 38.0. The van der Waals surface area contributed by atoms with Crippen LogP contribution in [0.4, 0.5) is 34.1 Å². The lowest BCUT2D eigenvalue weighted by Crippen LogP contribution is -2.18. The van der Waals surface area contributed by atoms with Gasteiger partial charge >= 0.3 is 0 Å². The Hall–Kier alpha value is -7.94. The maximum absolute atomic E-state index is 2.49. The van der Waals surface area contributed by atoms with Crippen molar-refractivity contribution in [1.29, 1.82) is 0 Å². The summed E-state index contributed by atoms with van der Waals surface area (Å²) in [5, 5.41) is 5.00. The summed E-state index contributed by atoms with van der Waals surface area (Å²) in [6, 6.07) is 80.4. The lowest BCUT2D eigenvalue weighted by molar-refractivity contribution is 0.660. The van der Waals surface area contributed by atoms with Crippen LogP contribution in [0.5, 0.6) is 0 Å². The van der Waals surface area contributed by atoms with Crippen molar-refractivity contribution >= 4 is 61.7 Å². The maximum atomic E-state index is 2.49. The minimum Gasteiger partial charge on any atom is -0.310 e. The minimum atomic E-state index is -0.258. The van der Waals surface area contributed by atoms with Gasteiger partial charge in [-0.3, -0.25) is 0 Å². The van der Waals surface area contributed by atoms with Gasteiger partial charge in [0.05, 0.1) is 5.69 Å². The second-order valence-corrected chi connectivity index (χ2v) is 17.7. The van der Waals surface area contributed by atoms with E-state index in [4.69, 9.17) is 0 Å². The van der Waals surface area contributed by atoms with Gasteiger partial charge in [0.1, 0.15) is 0 Å². The number of hydrogen-bond donors (Lipinski definition) is 0. The number of para-hydroxylation sites is 2. The summed E-state index contributed by atoms with van der Waals surface area (Å²) < 4.78 is 0. The number of rotatable bonds is 8. The van der Waals surface area contributed by atoms with Gasteiger partial charge in [-0.2, -0.15) is 0 Å². The van der Waals surface area contributed by atoms with Crippen LogP contribution in [0.3, 0.4) is 0 Å². The minimum absolute atomic E-state index is 0.258. The van der Waals surface area contributed by atoms with Crippen LogP contribution in [0, 0.1) is 0 Å². The Bertz CT molecular complexity index is 3420. The summed E-state index contributed by atoms with van der Waals surface area (Å²) in [4.78, 5) is 4.92. The summed E-state index contributed by atoms with van der Waals surface area (Å²) in [6.07, 6.45) is 5.64. The molecule has 0 fully saturated rings. The fourth-order valence-electron chi connectivity index (χ4n) is 10.3. The molecule has 10 aromatic carbocycles. The van der Waals surface area contributed by atoms with E-state index in [9.17, 15) is 0 Å². The third kappa shape index (κ3) is 7.07. The molecular formula is C64H52N2. The molecular weight excluding hydrogens is 797 g/mol. The Kier molecular flexibility index (Phi) is 10.4. The van der Waals surface area contributed by atoms with Crippen molar-refractivity contribution in [3.05, 3.63) is 247 Å². The summed E-state index contributed by atoms with van der Waals surface area (Å²) in [6.45, 7) is 8.82. The highest BCUT2D eigenvalue weighted by atomic mass is 15.2. The fourth-order valence-corrected chi connectivity index (χ4v) is 10.3. The molecule has 10 aromatic rings. The van der Waals surface area contributed by atoms with E-state index in [1.165, 1.54) is 77.2 Å². The van der Waals surface area contributed by atoms with Gasteiger partial charge < -0.3 is 9.80 Å². The van der Waals surface area contributed by atoms with Gasteiger partial charge in [0.2, 0.25) is 0 Å². The summed E-state index contributed by atoms with van der Waals surface area (Å²) in [7, 11) is 0. The van der Waals surface area contributed by atoms with E-state index in [1.54, 1.807) is 0 Å². The van der Waals surface area contributed by atoms with Gasteiger partial charge in [-0.1, -0.05) is 185 Å². The van der Waals surface area contributed by atoms with E-state index < -0.39 is 0 Å². The van der Waals surface area contributed by atoms with E-state index in [0.717, 1.165) is 40.5 Å². The van der Waals surface area contributed by atoms with Gasteiger partial charge in [0.25, 0.3) is 0 Å². The van der Waals surface area contributed by atoms with Gasteiger partial charge in [-0.15, -0.1) is 0 Å². The third-order valence-electron chi connectivity index (χ3n) is 13.6. The average Bonchev–Trinajstić information content (AvgIpc) is 3.96. The van der Waals surface area contributed by atoms with Crippen LogP contribution in [0.25, 0.3) is 61.0 Å². The predicted octanol–water partition coefficient (Wildman–Crippen LogP) is 18.2. The molecule has 0 bridgehead atoms. The second-order valence-electron chi connectivity index (χ2n) is 17.7. The molecule has 0 amide bonds. The van der Waals surface area contributed by atoms with E-state index in [1.807, 2.05) is 13.8 Å². The molecule has 0 heterocycles. The zero-order valence-corrected chi connectivity index (χ0v) is 38.0. The normalized spacial score (nSPS) is 12.8. The van der Waals surface area contributed by atoms with Crippen molar-refractivity contribution in [3.8, 4) is 33.4 Å². The Labute approximate surface area is 389 Å². The lowest BCUT2D eigenvalue weighted by Gasteiger charge is -2.33. The molecule has 2 aliphatic rings. The van der Waals surface area contributed by atoms with Crippen LogP contribution in [0.1, 0.15) is 49.9 Å². The lowest BCUT2D eigenvalue weighted by atomic mass is 9.81. The molecule has 318 valence electrons. The highest BCUT2D eigenvalue weighted by molar-refractivity contribution is 6.01. The van der Waals surface area contributed by atoms with Crippen molar-refractivity contribution in [2.24, 2.45) is 0 Å². The van der Waals surface area contributed by atoms with Crippen LogP contribution in [0.2, 0.25) is 0 Å². The summed E-state index contributed by atoms with van der Waals surface area (Å²) >= 11 is 0. The van der Waals surface area contributed by atoms with Crippen molar-refractivity contribution in [1.82, 2.24) is 0 Å². The monoisotopic (exact) mass is 848 g/mol. The van der Waals surface area contributed by atoms with Gasteiger partial charge in [0, 0.05) is 39.4 Å². The topological polar surface area (TPSA) is 6.48 Å². The van der Waals surface area contributed by atoms with Crippen molar-refractivity contribution < 1.29 is 0 Å². The number of anilines is 6. The van der Waals surface area contributed by atoms with Gasteiger partial charge in [0.15, 0.2) is 0 Å². The molecule has 0 saturated heterocycles. The first-order chi connectivity index (χ1) is 32.5. The summed E-state index contributed by atoms with van der Waals surface area (Å²) in [5.41, 5.74) is 19.3. The Morgan fingerprint density at radius 2 is 0.833 bits per heavy atom. The van der Waals surface area contributed by atoms with E-state index in [-0.39, 0.29) is 5.41 Å². The molecule has 12 rings (SSSR count). The SMILES string of the molecule is CC.CC1(C)c2cc(N(c3ccccc3)c3ccc(-c4ccc5ccccc5c4)cc3)cc(N(c3ccccc3)c3ccc(-c4ccc5ccccc5c4)cc3)c2-c2c1ccc1c2C=CC1. The largest absolute Gasteiger partial charge is 0.310 e. The van der Waals surface area contributed by atoms with Gasteiger partial charge in [-0.25, -0.2) is 0 Å². The molecule has 2 heteroatoms. The first kappa shape index (κ1) is 40.8. The van der Waals surface area contributed by atoms with Crippen LogP contribution >= 0.6 is 0 Å². The number of hydrogen-bond acceptors (Lipinski definition) is 2. The van der Waals surface area contributed by atoms with Crippen molar-refractivity contribution in [2.45, 2.75) is 39.5 Å². The Morgan fingerprint density at radius 3 is 1.39 bits per heavy atom. The Balaban J connectivity index is 0.00000238. The average molecular weight is 849 g/mol. The van der Waals surface area contributed by atoms with E-state index in [2.05, 4.69) is 254 Å². The highest BCUT2D eigenvalue weighted by Gasteiger charge is 2.41. The van der Waals surface area contributed by atoms with Crippen LogP contribution in [0.15, 0.2) is 224 Å². The van der Waals surface area contributed by atoms with Crippen LogP contribution in [-0.4, -0.2) is 0 Å². The summed E-state index contributed by atoms with van der Waals surface area (Å²) in [5.74, 6) is 0. The first-order valence-electron chi connectivity index (χ1n) is 23.4. The molecule has 2 nitrogen and oxygen atoms in total. The first-order valence-corrected chi connectivity index (χ1v) is 23.4. The molecule has 0 radical (unpaired) electrons. The zero-order chi connectivity index (χ0) is 44.8. The molecule has 0 saturated carbocycles. The third-order valence-corrected chi connectivity index (χ3v) is 13.6. The smallest absolute Gasteiger partial charge is 0.0564 e. The molecule has 0 spiro atoms. The molecule has 66 heavy (non-hydrogen) atoms. The van der Waals surface area contributed by atoms with Crippen LogP contribution in [-0.2, 0) is 11.8 Å². The van der Waals surface area contributed by atoms with Crippen molar-refractivity contribution in [2.75, 3.05) is 9.80 Å². The number of allylic oxidation sites excluding steroid dienone is 1. The highest BCUT2D eigenvalue weighted by Crippen LogP contribution is 2.58. The van der Waals surface area contributed by atoms with E-state index >= 15 is 0 Å². The van der Waals surface area contributed by atoms with E-state index in [0.29, 0.717) is 0 Å². The molecule has 0 atom stereocenters.